The summed E-state index contributed by atoms with van der Waals surface area (Å²) >= 11 is 0. The van der Waals surface area contributed by atoms with Gasteiger partial charge in [0.05, 0.1) is 0 Å². The second-order valence-electron chi connectivity index (χ2n) is 5.28. The highest BCUT2D eigenvalue weighted by Gasteiger charge is 2.34. The molecule has 1 heterocycles. The molecule has 1 fully saturated rings. The number of nitrogens with zero attached hydrogens (tertiary/aromatic N) is 2. The van der Waals surface area contributed by atoms with Gasteiger partial charge in [-0.25, -0.2) is 0 Å². The van der Waals surface area contributed by atoms with E-state index in [-0.39, 0.29) is 5.54 Å². The lowest BCUT2D eigenvalue weighted by atomic mass is 9.96. The van der Waals surface area contributed by atoms with Crippen molar-refractivity contribution in [2.45, 2.75) is 45.2 Å². The Bertz CT molecular complexity index is 194. The van der Waals surface area contributed by atoms with Gasteiger partial charge in [-0.3, -0.25) is 4.90 Å². The first-order valence-corrected chi connectivity index (χ1v) is 6.07. The van der Waals surface area contributed by atoms with Gasteiger partial charge in [0.2, 0.25) is 0 Å². The molecule has 3 heteroatoms. The fraction of sp³-hybridized carbons (Fsp3) is 1.00. The van der Waals surface area contributed by atoms with Crippen molar-refractivity contribution in [1.29, 1.82) is 0 Å². The van der Waals surface area contributed by atoms with Crippen LogP contribution < -0.4 is 0 Å². The zero-order valence-corrected chi connectivity index (χ0v) is 10.7. The van der Waals surface area contributed by atoms with Crippen LogP contribution >= 0.6 is 0 Å². The minimum Gasteiger partial charge on any atom is -0.396 e. The van der Waals surface area contributed by atoms with Crippen LogP contribution in [0.25, 0.3) is 0 Å². The van der Waals surface area contributed by atoms with Crippen molar-refractivity contribution in [3.8, 4) is 0 Å². The molecule has 1 unspecified atom stereocenters. The van der Waals surface area contributed by atoms with Crippen molar-refractivity contribution in [1.82, 2.24) is 9.80 Å². The van der Waals surface area contributed by atoms with Crippen LogP contribution in [0.15, 0.2) is 0 Å². The minimum atomic E-state index is 0.263. The molecular weight excluding hydrogens is 188 g/mol. The first kappa shape index (κ1) is 12.9. The maximum atomic E-state index is 9.13. The third-order valence-corrected chi connectivity index (χ3v) is 3.65. The van der Waals surface area contributed by atoms with Crippen molar-refractivity contribution in [2.24, 2.45) is 0 Å². The monoisotopic (exact) mass is 214 g/mol. The molecule has 1 saturated heterocycles. The Labute approximate surface area is 94.1 Å². The molecule has 90 valence electrons. The molecule has 1 atom stereocenters. The van der Waals surface area contributed by atoms with Gasteiger partial charge in [0.15, 0.2) is 0 Å². The summed E-state index contributed by atoms with van der Waals surface area (Å²) in [5, 5.41) is 9.13. The molecule has 0 radical (unpaired) electrons. The van der Waals surface area contributed by atoms with E-state index in [9.17, 15) is 0 Å². The van der Waals surface area contributed by atoms with Crippen molar-refractivity contribution in [3.05, 3.63) is 0 Å². The Morgan fingerprint density at radius 3 is 2.60 bits per heavy atom. The summed E-state index contributed by atoms with van der Waals surface area (Å²) in [4.78, 5) is 4.93. The molecule has 3 nitrogen and oxygen atoms in total. The summed E-state index contributed by atoms with van der Waals surface area (Å²) in [6.07, 6.45) is 2.10. The highest BCUT2D eigenvalue weighted by molar-refractivity contribution is 4.90. The zero-order chi connectivity index (χ0) is 11.5. The molecule has 1 aliphatic heterocycles. The Hall–Kier alpha value is -0.120. The first-order chi connectivity index (χ1) is 7.01. The maximum absolute atomic E-state index is 9.13. The number of aliphatic hydroxyl groups is 1. The number of hydrogen-bond acceptors (Lipinski definition) is 3. The molecule has 0 spiro atoms. The lowest BCUT2D eigenvalue weighted by Gasteiger charge is -2.41. The zero-order valence-electron chi connectivity index (χ0n) is 10.7. The molecule has 15 heavy (non-hydrogen) atoms. The standard InChI is InChI=1S/C12H26N2O/c1-5-14-11(6-9-15)10-13(4)8-7-12(14,2)3/h11,15H,5-10H2,1-4H3. The Morgan fingerprint density at radius 2 is 2.07 bits per heavy atom. The van der Waals surface area contributed by atoms with Crippen LogP contribution in [0.4, 0.5) is 0 Å². The van der Waals surface area contributed by atoms with Gasteiger partial charge in [-0.05, 0) is 46.8 Å². The van der Waals surface area contributed by atoms with E-state index in [2.05, 4.69) is 37.6 Å². The molecular formula is C12H26N2O. The lowest BCUT2D eigenvalue weighted by molar-refractivity contribution is 0.0666. The Kier molecular flexibility index (Phi) is 4.56. The molecule has 1 aliphatic rings. The van der Waals surface area contributed by atoms with E-state index < -0.39 is 0 Å². The molecule has 0 bridgehead atoms. The number of hydrogen-bond donors (Lipinski definition) is 1. The topological polar surface area (TPSA) is 26.7 Å². The van der Waals surface area contributed by atoms with Crippen LogP contribution in [-0.4, -0.2) is 59.8 Å². The van der Waals surface area contributed by atoms with Gasteiger partial charge in [0.1, 0.15) is 0 Å². The number of aliphatic hydroxyl groups excluding tert-OH is 1. The van der Waals surface area contributed by atoms with Gasteiger partial charge in [-0.1, -0.05) is 6.92 Å². The Balaban J connectivity index is 2.79. The van der Waals surface area contributed by atoms with E-state index in [1.165, 1.54) is 6.42 Å². The summed E-state index contributed by atoms with van der Waals surface area (Å²) in [6.45, 7) is 10.5. The number of likely N-dealkylation sites (N-methyl/N-ethyl adjacent to an activating group) is 2. The summed E-state index contributed by atoms with van der Waals surface area (Å²) in [7, 11) is 2.18. The molecule has 0 aromatic heterocycles. The van der Waals surface area contributed by atoms with Gasteiger partial charge in [-0.15, -0.1) is 0 Å². The predicted molar refractivity (Wildman–Crippen MR) is 64.1 cm³/mol. The average Bonchev–Trinajstić information content (AvgIpc) is 2.25. The smallest absolute Gasteiger partial charge is 0.0446 e. The quantitative estimate of drug-likeness (QED) is 0.764. The summed E-state index contributed by atoms with van der Waals surface area (Å²) in [5.41, 5.74) is 0.263. The summed E-state index contributed by atoms with van der Waals surface area (Å²) in [6, 6.07) is 0.502. The van der Waals surface area contributed by atoms with E-state index in [4.69, 9.17) is 5.11 Å². The SMILES string of the molecule is CCN1C(CCO)CN(C)CCC1(C)C. The van der Waals surface area contributed by atoms with Crippen LogP contribution in [0.3, 0.4) is 0 Å². The second-order valence-corrected chi connectivity index (χ2v) is 5.28. The van der Waals surface area contributed by atoms with Gasteiger partial charge in [-0.2, -0.15) is 0 Å². The van der Waals surface area contributed by atoms with Gasteiger partial charge < -0.3 is 10.0 Å². The maximum Gasteiger partial charge on any atom is 0.0446 e. The van der Waals surface area contributed by atoms with E-state index in [0.29, 0.717) is 12.6 Å². The Morgan fingerprint density at radius 1 is 1.40 bits per heavy atom. The highest BCUT2D eigenvalue weighted by atomic mass is 16.3. The van der Waals surface area contributed by atoms with Crippen molar-refractivity contribution < 1.29 is 5.11 Å². The largest absolute Gasteiger partial charge is 0.396 e. The number of rotatable bonds is 3. The molecule has 0 aromatic rings. The normalized spacial score (nSPS) is 29.0. The van der Waals surface area contributed by atoms with Gasteiger partial charge >= 0.3 is 0 Å². The van der Waals surface area contributed by atoms with Crippen LogP contribution in [0.1, 0.15) is 33.6 Å². The van der Waals surface area contributed by atoms with E-state index in [0.717, 1.165) is 26.1 Å². The average molecular weight is 214 g/mol. The first-order valence-electron chi connectivity index (χ1n) is 6.07. The van der Waals surface area contributed by atoms with E-state index in [1.54, 1.807) is 0 Å². The molecule has 1 N–H and O–H groups in total. The third kappa shape index (κ3) is 3.16. The summed E-state index contributed by atoms with van der Waals surface area (Å²) < 4.78 is 0. The third-order valence-electron chi connectivity index (χ3n) is 3.65. The van der Waals surface area contributed by atoms with Crippen molar-refractivity contribution in [3.63, 3.8) is 0 Å². The lowest BCUT2D eigenvalue weighted by Crippen LogP contribution is -2.50. The van der Waals surface area contributed by atoms with Crippen molar-refractivity contribution in [2.75, 3.05) is 33.3 Å². The van der Waals surface area contributed by atoms with Crippen LogP contribution in [0.5, 0.6) is 0 Å². The highest BCUT2D eigenvalue weighted by Crippen LogP contribution is 2.26. The van der Waals surface area contributed by atoms with Crippen LogP contribution in [0.2, 0.25) is 0 Å². The predicted octanol–water partition coefficient (Wildman–Crippen LogP) is 1.17. The van der Waals surface area contributed by atoms with E-state index in [1.807, 2.05) is 0 Å². The molecule has 0 saturated carbocycles. The van der Waals surface area contributed by atoms with Gasteiger partial charge in [0.25, 0.3) is 0 Å². The van der Waals surface area contributed by atoms with Gasteiger partial charge in [0, 0.05) is 24.7 Å². The van der Waals surface area contributed by atoms with Crippen molar-refractivity contribution >= 4 is 0 Å². The molecule has 1 rings (SSSR count). The molecule has 0 aliphatic carbocycles. The second kappa shape index (κ2) is 5.28. The van der Waals surface area contributed by atoms with E-state index >= 15 is 0 Å². The fourth-order valence-corrected chi connectivity index (χ4v) is 2.73. The van der Waals surface area contributed by atoms with Crippen LogP contribution in [0, 0.1) is 0 Å². The van der Waals surface area contributed by atoms with Crippen LogP contribution in [-0.2, 0) is 0 Å². The molecule has 0 aromatic carbocycles. The fourth-order valence-electron chi connectivity index (χ4n) is 2.73. The minimum absolute atomic E-state index is 0.263. The summed E-state index contributed by atoms with van der Waals surface area (Å²) in [5.74, 6) is 0. The molecule has 0 amide bonds.